The summed E-state index contributed by atoms with van der Waals surface area (Å²) in [5.41, 5.74) is 0. The van der Waals surface area contributed by atoms with Crippen LogP contribution in [0.4, 0.5) is 0 Å². The second-order valence-electron chi connectivity index (χ2n) is 6.07. The molecular weight excluding hydrogens is 260 g/mol. The number of esters is 1. The maximum absolute atomic E-state index is 12.2. The number of likely N-dealkylation sites (tertiary alicyclic amines) is 1. The number of piperidine rings is 4. The Morgan fingerprint density at radius 3 is 2.25 bits per heavy atom. The van der Waals surface area contributed by atoms with Crippen LogP contribution in [0.1, 0.15) is 25.7 Å². The van der Waals surface area contributed by atoms with Crippen molar-refractivity contribution in [3.63, 3.8) is 0 Å². The monoisotopic (exact) mass is 280 g/mol. The van der Waals surface area contributed by atoms with Crippen LogP contribution in [-0.4, -0.2) is 60.4 Å². The molecule has 4 aliphatic heterocycles. The molecule has 4 rings (SSSR count). The SMILES string of the molecule is CN1C(=O)CC(C(=O)O[C@H]2CN3CCC2CC3)CC1=O. The number of carbonyl (C=O) groups is 3. The van der Waals surface area contributed by atoms with Crippen LogP contribution in [0, 0.1) is 11.8 Å². The standard InChI is InChI=1S/C14H20N2O4/c1-15-12(17)6-10(7-13(15)18)14(19)20-11-8-16-4-2-9(11)3-5-16/h9-11H,2-8H2,1H3/t11-/m0/s1. The van der Waals surface area contributed by atoms with Crippen LogP contribution >= 0.6 is 0 Å². The van der Waals surface area contributed by atoms with E-state index in [0.717, 1.165) is 37.4 Å². The second kappa shape index (κ2) is 5.16. The van der Waals surface area contributed by atoms with Gasteiger partial charge in [0.15, 0.2) is 0 Å². The van der Waals surface area contributed by atoms with Crippen LogP contribution in [0.2, 0.25) is 0 Å². The van der Waals surface area contributed by atoms with Gasteiger partial charge in [0, 0.05) is 26.4 Å². The van der Waals surface area contributed by atoms with Crippen molar-refractivity contribution < 1.29 is 19.1 Å². The Kier molecular flexibility index (Phi) is 3.50. The van der Waals surface area contributed by atoms with Crippen LogP contribution in [-0.2, 0) is 19.1 Å². The van der Waals surface area contributed by atoms with E-state index in [1.54, 1.807) is 0 Å². The van der Waals surface area contributed by atoms with E-state index < -0.39 is 5.92 Å². The number of rotatable bonds is 2. The Morgan fingerprint density at radius 1 is 1.15 bits per heavy atom. The molecule has 4 saturated heterocycles. The van der Waals surface area contributed by atoms with E-state index in [1.165, 1.54) is 7.05 Å². The summed E-state index contributed by atoms with van der Waals surface area (Å²) in [4.78, 5) is 38.8. The van der Waals surface area contributed by atoms with Crippen molar-refractivity contribution in [1.29, 1.82) is 0 Å². The normalized spacial score (nSPS) is 34.5. The van der Waals surface area contributed by atoms with Crippen molar-refractivity contribution >= 4 is 17.8 Å². The summed E-state index contributed by atoms with van der Waals surface area (Å²) >= 11 is 0. The molecule has 0 aromatic heterocycles. The first-order valence-corrected chi connectivity index (χ1v) is 7.27. The number of hydrogen-bond acceptors (Lipinski definition) is 5. The van der Waals surface area contributed by atoms with Crippen molar-refractivity contribution in [3.05, 3.63) is 0 Å². The Labute approximate surface area is 118 Å². The first kappa shape index (κ1) is 13.5. The lowest BCUT2D eigenvalue weighted by Crippen LogP contribution is -2.52. The maximum atomic E-state index is 12.2. The van der Waals surface area contributed by atoms with Gasteiger partial charge in [-0.1, -0.05) is 0 Å². The number of hydrogen-bond donors (Lipinski definition) is 0. The minimum atomic E-state index is -0.596. The molecule has 0 N–H and O–H groups in total. The Balaban J connectivity index is 1.59. The van der Waals surface area contributed by atoms with E-state index in [-0.39, 0.29) is 36.7 Å². The van der Waals surface area contributed by atoms with Gasteiger partial charge in [0.05, 0.1) is 5.92 Å². The highest BCUT2D eigenvalue weighted by Crippen LogP contribution is 2.31. The zero-order chi connectivity index (χ0) is 14.3. The molecule has 4 fully saturated rings. The fraction of sp³-hybridized carbons (Fsp3) is 0.786. The molecule has 0 aromatic rings. The van der Waals surface area contributed by atoms with E-state index >= 15 is 0 Å². The van der Waals surface area contributed by atoms with Crippen molar-refractivity contribution in [2.45, 2.75) is 31.8 Å². The smallest absolute Gasteiger partial charge is 0.310 e. The first-order valence-electron chi connectivity index (χ1n) is 7.27. The molecule has 4 heterocycles. The molecule has 6 nitrogen and oxygen atoms in total. The van der Waals surface area contributed by atoms with E-state index in [0.29, 0.717) is 5.92 Å². The quantitative estimate of drug-likeness (QED) is 0.527. The van der Waals surface area contributed by atoms with E-state index in [9.17, 15) is 14.4 Å². The van der Waals surface area contributed by atoms with Crippen molar-refractivity contribution in [3.8, 4) is 0 Å². The fourth-order valence-electron chi connectivity index (χ4n) is 3.36. The lowest BCUT2D eigenvalue weighted by atomic mass is 9.85. The Morgan fingerprint density at radius 2 is 1.75 bits per heavy atom. The highest BCUT2D eigenvalue weighted by Gasteiger charge is 2.40. The minimum absolute atomic E-state index is 0.0603. The van der Waals surface area contributed by atoms with Gasteiger partial charge in [-0.2, -0.15) is 0 Å². The summed E-state index contributed by atoms with van der Waals surface area (Å²) in [6.07, 6.45) is 2.26. The zero-order valence-corrected chi connectivity index (χ0v) is 11.7. The van der Waals surface area contributed by atoms with Gasteiger partial charge >= 0.3 is 5.97 Å². The number of nitrogens with zero attached hydrogens (tertiary/aromatic N) is 2. The van der Waals surface area contributed by atoms with Crippen LogP contribution in [0.3, 0.4) is 0 Å². The molecule has 2 amide bonds. The predicted molar refractivity (Wildman–Crippen MR) is 69.5 cm³/mol. The van der Waals surface area contributed by atoms with Crippen molar-refractivity contribution in [1.82, 2.24) is 9.80 Å². The van der Waals surface area contributed by atoms with Gasteiger partial charge in [-0.15, -0.1) is 0 Å². The summed E-state index contributed by atoms with van der Waals surface area (Å²) in [5, 5.41) is 0. The predicted octanol–water partition coefficient (Wildman–Crippen LogP) is 0.0188. The first-order chi connectivity index (χ1) is 9.54. The van der Waals surface area contributed by atoms with Gasteiger partial charge in [0.25, 0.3) is 0 Å². The van der Waals surface area contributed by atoms with Crippen LogP contribution < -0.4 is 0 Å². The molecule has 0 radical (unpaired) electrons. The van der Waals surface area contributed by atoms with E-state index in [2.05, 4.69) is 4.90 Å². The molecule has 0 saturated carbocycles. The summed E-state index contributed by atoms with van der Waals surface area (Å²) < 4.78 is 5.59. The largest absolute Gasteiger partial charge is 0.460 e. The summed E-state index contributed by atoms with van der Waals surface area (Å²) in [6, 6.07) is 0. The third-order valence-electron chi connectivity index (χ3n) is 4.79. The lowest BCUT2D eigenvalue weighted by molar-refractivity contribution is -0.170. The van der Waals surface area contributed by atoms with Crippen molar-refractivity contribution in [2.24, 2.45) is 11.8 Å². The molecule has 0 aromatic carbocycles. The Bertz CT molecular complexity index is 424. The topological polar surface area (TPSA) is 66.9 Å². The number of amides is 2. The summed E-state index contributed by atoms with van der Waals surface area (Å²) in [6.45, 7) is 2.97. The molecule has 20 heavy (non-hydrogen) atoms. The number of ether oxygens (including phenoxy) is 1. The van der Waals surface area contributed by atoms with Crippen LogP contribution in [0.5, 0.6) is 0 Å². The molecule has 110 valence electrons. The van der Waals surface area contributed by atoms with Crippen molar-refractivity contribution in [2.75, 3.05) is 26.7 Å². The molecule has 0 unspecified atom stereocenters. The zero-order valence-electron chi connectivity index (χ0n) is 11.7. The molecule has 1 atom stereocenters. The highest BCUT2D eigenvalue weighted by molar-refractivity contribution is 6.01. The highest BCUT2D eigenvalue weighted by atomic mass is 16.5. The van der Waals surface area contributed by atoms with E-state index in [1.807, 2.05) is 0 Å². The average Bonchev–Trinajstić information content (AvgIpc) is 2.45. The van der Waals surface area contributed by atoms with Gasteiger partial charge in [-0.25, -0.2) is 0 Å². The molecule has 6 heteroatoms. The fourth-order valence-corrected chi connectivity index (χ4v) is 3.36. The Hall–Kier alpha value is -1.43. The van der Waals surface area contributed by atoms with E-state index in [4.69, 9.17) is 4.74 Å². The van der Waals surface area contributed by atoms with Gasteiger partial charge in [-0.05, 0) is 31.8 Å². The number of carbonyl (C=O) groups excluding carboxylic acids is 3. The molecule has 4 aliphatic rings. The molecule has 0 aliphatic carbocycles. The maximum Gasteiger partial charge on any atom is 0.310 e. The lowest BCUT2D eigenvalue weighted by Gasteiger charge is -2.44. The third kappa shape index (κ3) is 2.44. The van der Waals surface area contributed by atoms with Gasteiger partial charge in [0.2, 0.25) is 11.8 Å². The average molecular weight is 280 g/mol. The minimum Gasteiger partial charge on any atom is -0.460 e. The molecule has 0 spiro atoms. The third-order valence-corrected chi connectivity index (χ3v) is 4.79. The number of imide groups is 1. The summed E-state index contributed by atoms with van der Waals surface area (Å²) in [5.74, 6) is -1.11. The van der Waals surface area contributed by atoms with Gasteiger partial charge < -0.3 is 4.74 Å². The second-order valence-corrected chi connectivity index (χ2v) is 6.07. The molecule has 2 bridgehead atoms. The van der Waals surface area contributed by atoms with Gasteiger partial charge in [-0.3, -0.25) is 24.2 Å². The number of fused-ring (bicyclic) bond motifs is 3. The summed E-state index contributed by atoms with van der Waals surface area (Å²) in [7, 11) is 1.46. The van der Waals surface area contributed by atoms with Crippen LogP contribution in [0.25, 0.3) is 0 Å². The van der Waals surface area contributed by atoms with Crippen LogP contribution in [0.15, 0.2) is 0 Å². The van der Waals surface area contributed by atoms with Gasteiger partial charge in [0.1, 0.15) is 6.10 Å². The molecular formula is C14H20N2O4.